The fraction of sp³-hybridized carbons (Fsp3) is 1.00. The Bertz CT molecular complexity index is 160. The molecule has 0 bridgehead atoms. The maximum atomic E-state index is 11.7. The topological polar surface area (TPSA) is 35.2 Å². The molecule has 0 spiro atoms. The van der Waals surface area contributed by atoms with E-state index in [1.807, 2.05) is 0 Å². The van der Waals surface area contributed by atoms with Gasteiger partial charge in [-0.15, -0.1) is 0 Å². The van der Waals surface area contributed by atoms with Gasteiger partial charge in [0.15, 0.2) is 0 Å². The van der Waals surface area contributed by atoms with Gasteiger partial charge < -0.3 is 10.5 Å². The SMILES string of the molecule is NC1CCC(OCCC(F)(F)F)C1. The van der Waals surface area contributed by atoms with Crippen molar-refractivity contribution in [2.75, 3.05) is 6.61 Å². The number of hydrogen-bond donors (Lipinski definition) is 1. The average molecular weight is 197 g/mol. The minimum absolute atomic E-state index is 0.0580. The molecule has 1 rings (SSSR count). The molecule has 2 atom stereocenters. The largest absolute Gasteiger partial charge is 0.391 e. The monoisotopic (exact) mass is 197 g/mol. The standard InChI is InChI=1S/C8H14F3NO/c9-8(10,11)3-4-13-7-2-1-6(12)5-7/h6-7H,1-5,12H2. The highest BCUT2D eigenvalue weighted by Gasteiger charge is 2.28. The lowest BCUT2D eigenvalue weighted by molar-refractivity contribution is -0.148. The van der Waals surface area contributed by atoms with E-state index in [4.69, 9.17) is 10.5 Å². The van der Waals surface area contributed by atoms with E-state index >= 15 is 0 Å². The Balaban J connectivity index is 2.07. The van der Waals surface area contributed by atoms with Gasteiger partial charge in [0, 0.05) is 6.04 Å². The Kier molecular flexibility index (Phi) is 3.55. The first kappa shape index (κ1) is 10.8. The predicted octanol–water partition coefficient (Wildman–Crippen LogP) is 1.84. The van der Waals surface area contributed by atoms with Crippen molar-refractivity contribution in [2.45, 2.75) is 44.0 Å². The second-order valence-corrected chi connectivity index (χ2v) is 3.43. The highest BCUT2D eigenvalue weighted by molar-refractivity contribution is 4.78. The first-order chi connectivity index (χ1) is 5.97. The average Bonchev–Trinajstić information content (AvgIpc) is 2.33. The molecule has 13 heavy (non-hydrogen) atoms. The van der Waals surface area contributed by atoms with Gasteiger partial charge in [0.2, 0.25) is 0 Å². The molecule has 1 saturated carbocycles. The summed E-state index contributed by atoms with van der Waals surface area (Å²) >= 11 is 0. The molecule has 78 valence electrons. The van der Waals surface area contributed by atoms with Crippen LogP contribution in [-0.2, 0) is 4.74 Å². The number of hydrogen-bond acceptors (Lipinski definition) is 2. The number of rotatable bonds is 3. The van der Waals surface area contributed by atoms with E-state index in [2.05, 4.69) is 0 Å². The lowest BCUT2D eigenvalue weighted by atomic mass is 10.3. The summed E-state index contributed by atoms with van der Waals surface area (Å²) < 4.78 is 40.2. The van der Waals surface area contributed by atoms with Gasteiger partial charge in [0.25, 0.3) is 0 Å². The summed E-state index contributed by atoms with van der Waals surface area (Å²) in [5.74, 6) is 0. The molecule has 1 aliphatic carbocycles. The predicted molar refractivity (Wildman–Crippen MR) is 42.2 cm³/mol. The van der Waals surface area contributed by atoms with Crippen molar-refractivity contribution >= 4 is 0 Å². The Hall–Kier alpha value is -0.290. The number of halogens is 3. The van der Waals surface area contributed by atoms with Crippen LogP contribution in [0.25, 0.3) is 0 Å². The Morgan fingerprint density at radius 1 is 1.31 bits per heavy atom. The Morgan fingerprint density at radius 2 is 2.00 bits per heavy atom. The summed E-state index contributed by atoms with van der Waals surface area (Å²) in [7, 11) is 0. The molecule has 5 heteroatoms. The van der Waals surface area contributed by atoms with Gasteiger partial charge in [-0.25, -0.2) is 0 Å². The van der Waals surface area contributed by atoms with Crippen LogP contribution in [-0.4, -0.2) is 24.9 Å². The van der Waals surface area contributed by atoms with Gasteiger partial charge in [-0.1, -0.05) is 0 Å². The highest BCUT2D eigenvalue weighted by Crippen LogP contribution is 2.23. The minimum atomic E-state index is -4.11. The highest BCUT2D eigenvalue weighted by atomic mass is 19.4. The van der Waals surface area contributed by atoms with Gasteiger partial charge in [0.1, 0.15) is 0 Å². The molecule has 2 N–H and O–H groups in total. The zero-order valence-corrected chi connectivity index (χ0v) is 7.31. The molecule has 0 amide bonds. The molecule has 0 saturated heterocycles. The molecule has 2 unspecified atom stereocenters. The molecular formula is C8H14F3NO. The van der Waals surface area contributed by atoms with Crippen LogP contribution in [0.5, 0.6) is 0 Å². The van der Waals surface area contributed by atoms with Crippen LogP contribution in [0.4, 0.5) is 13.2 Å². The maximum Gasteiger partial charge on any atom is 0.391 e. The van der Waals surface area contributed by atoms with E-state index in [1.54, 1.807) is 0 Å². The van der Waals surface area contributed by atoms with E-state index < -0.39 is 12.6 Å². The van der Waals surface area contributed by atoms with Crippen LogP contribution in [0.15, 0.2) is 0 Å². The fourth-order valence-electron chi connectivity index (χ4n) is 1.47. The second kappa shape index (κ2) is 4.28. The third-order valence-electron chi connectivity index (χ3n) is 2.16. The van der Waals surface area contributed by atoms with Crippen LogP contribution >= 0.6 is 0 Å². The molecule has 0 heterocycles. The fourth-order valence-corrected chi connectivity index (χ4v) is 1.47. The van der Waals surface area contributed by atoms with Crippen molar-refractivity contribution in [3.63, 3.8) is 0 Å². The van der Waals surface area contributed by atoms with Gasteiger partial charge in [0.05, 0.1) is 19.1 Å². The van der Waals surface area contributed by atoms with Gasteiger partial charge in [-0.3, -0.25) is 0 Å². The van der Waals surface area contributed by atoms with Crippen LogP contribution < -0.4 is 5.73 Å². The summed E-state index contributed by atoms with van der Waals surface area (Å²) in [6.07, 6.45) is -2.69. The molecule has 0 radical (unpaired) electrons. The smallest absolute Gasteiger partial charge is 0.378 e. The van der Waals surface area contributed by atoms with Crippen LogP contribution in [0.2, 0.25) is 0 Å². The Morgan fingerprint density at radius 3 is 2.46 bits per heavy atom. The van der Waals surface area contributed by atoms with Crippen LogP contribution in [0.3, 0.4) is 0 Å². The number of nitrogens with two attached hydrogens (primary N) is 1. The normalized spacial score (nSPS) is 29.5. The first-order valence-electron chi connectivity index (χ1n) is 4.41. The lowest BCUT2D eigenvalue weighted by Crippen LogP contribution is -2.19. The summed E-state index contributed by atoms with van der Waals surface area (Å²) in [5.41, 5.74) is 5.58. The van der Waals surface area contributed by atoms with Crippen LogP contribution in [0, 0.1) is 0 Å². The Labute approximate surface area is 75.2 Å². The van der Waals surface area contributed by atoms with E-state index in [0.717, 1.165) is 12.8 Å². The first-order valence-corrected chi connectivity index (χ1v) is 4.41. The third kappa shape index (κ3) is 4.47. The van der Waals surface area contributed by atoms with Crippen molar-refractivity contribution in [1.82, 2.24) is 0 Å². The van der Waals surface area contributed by atoms with E-state index in [9.17, 15) is 13.2 Å². The van der Waals surface area contributed by atoms with E-state index in [0.29, 0.717) is 6.42 Å². The van der Waals surface area contributed by atoms with Gasteiger partial charge in [-0.05, 0) is 19.3 Å². The number of alkyl halides is 3. The van der Waals surface area contributed by atoms with Crippen molar-refractivity contribution in [2.24, 2.45) is 5.73 Å². The van der Waals surface area contributed by atoms with Gasteiger partial charge in [-0.2, -0.15) is 13.2 Å². The third-order valence-corrected chi connectivity index (χ3v) is 2.16. The zero-order valence-electron chi connectivity index (χ0n) is 7.31. The summed E-state index contributed by atoms with van der Waals surface area (Å²) in [4.78, 5) is 0. The number of ether oxygens (including phenoxy) is 1. The van der Waals surface area contributed by atoms with Crippen molar-refractivity contribution in [1.29, 1.82) is 0 Å². The molecule has 0 aromatic rings. The molecule has 1 aliphatic rings. The lowest BCUT2D eigenvalue weighted by Gasteiger charge is -2.12. The minimum Gasteiger partial charge on any atom is -0.378 e. The summed E-state index contributed by atoms with van der Waals surface area (Å²) in [5, 5.41) is 0. The van der Waals surface area contributed by atoms with Crippen molar-refractivity contribution in [3.8, 4) is 0 Å². The maximum absolute atomic E-state index is 11.7. The second-order valence-electron chi connectivity index (χ2n) is 3.43. The van der Waals surface area contributed by atoms with E-state index in [1.165, 1.54) is 0 Å². The molecule has 0 aliphatic heterocycles. The summed E-state index contributed by atoms with van der Waals surface area (Å²) in [6, 6.07) is 0.107. The van der Waals surface area contributed by atoms with Crippen molar-refractivity contribution < 1.29 is 17.9 Å². The quantitative estimate of drug-likeness (QED) is 0.749. The summed E-state index contributed by atoms with van der Waals surface area (Å²) in [6.45, 7) is -0.235. The molecule has 0 aromatic heterocycles. The molecule has 1 fully saturated rings. The zero-order chi connectivity index (χ0) is 9.90. The van der Waals surface area contributed by atoms with E-state index in [-0.39, 0.29) is 18.8 Å². The molecule has 0 aromatic carbocycles. The molecular weight excluding hydrogens is 183 g/mol. The van der Waals surface area contributed by atoms with Gasteiger partial charge >= 0.3 is 6.18 Å². The van der Waals surface area contributed by atoms with Crippen LogP contribution in [0.1, 0.15) is 25.7 Å². The molecule has 2 nitrogen and oxygen atoms in total. The van der Waals surface area contributed by atoms with Crippen molar-refractivity contribution in [3.05, 3.63) is 0 Å².